The zero-order valence-electron chi connectivity index (χ0n) is 13.1. The van der Waals surface area contributed by atoms with Gasteiger partial charge >= 0.3 is 5.97 Å². The number of methoxy groups -OCH3 is 1. The lowest BCUT2D eigenvalue weighted by Gasteiger charge is -2.04. The van der Waals surface area contributed by atoms with E-state index in [-0.39, 0.29) is 12.4 Å². The first-order chi connectivity index (χ1) is 10.5. The topological polar surface area (TPSA) is 68.4 Å². The molecule has 0 fully saturated rings. The third kappa shape index (κ3) is 2.88. The summed E-state index contributed by atoms with van der Waals surface area (Å²) in [6.45, 7) is 5.55. The molecule has 1 aromatic carbocycles. The summed E-state index contributed by atoms with van der Waals surface area (Å²) in [7, 11) is 1.57. The molecule has 0 saturated heterocycles. The van der Waals surface area contributed by atoms with E-state index in [1.807, 2.05) is 0 Å². The van der Waals surface area contributed by atoms with Crippen LogP contribution in [0.4, 0.5) is 0 Å². The number of aromatic amines is 1. The molecule has 0 aliphatic rings. The van der Waals surface area contributed by atoms with Gasteiger partial charge in [0, 0.05) is 16.8 Å². The lowest BCUT2D eigenvalue weighted by molar-refractivity contribution is 0.0519. The predicted octanol–water partition coefficient (Wildman–Crippen LogP) is 3.05. The highest BCUT2D eigenvalue weighted by Gasteiger charge is 2.23. The standard InChI is InChI=1S/C17H19NO4/c1-5-22-17(20)15-10(2)14(11(3)18-15)16(19)12-6-8-13(21-4)9-7-12/h6-9,18H,5H2,1-4H3. The quantitative estimate of drug-likeness (QED) is 0.681. The average Bonchev–Trinajstić information content (AvgIpc) is 2.82. The van der Waals surface area contributed by atoms with E-state index in [1.165, 1.54) is 0 Å². The van der Waals surface area contributed by atoms with Gasteiger partial charge in [-0.25, -0.2) is 4.79 Å². The maximum atomic E-state index is 12.7. The van der Waals surface area contributed by atoms with Gasteiger partial charge in [0.15, 0.2) is 5.78 Å². The lowest BCUT2D eigenvalue weighted by Crippen LogP contribution is -2.08. The zero-order valence-corrected chi connectivity index (χ0v) is 13.1. The number of nitrogens with one attached hydrogen (secondary N) is 1. The number of ether oxygens (including phenoxy) is 2. The monoisotopic (exact) mass is 301 g/mol. The van der Waals surface area contributed by atoms with E-state index in [9.17, 15) is 9.59 Å². The Morgan fingerprint density at radius 1 is 1.14 bits per heavy atom. The smallest absolute Gasteiger partial charge is 0.355 e. The third-order valence-electron chi connectivity index (χ3n) is 3.50. The second-order valence-corrected chi connectivity index (χ2v) is 4.90. The van der Waals surface area contributed by atoms with Crippen LogP contribution in [0.5, 0.6) is 5.75 Å². The summed E-state index contributed by atoms with van der Waals surface area (Å²) in [5, 5.41) is 0. The van der Waals surface area contributed by atoms with Crippen molar-refractivity contribution >= 4 is 11.8 Å². The highest BCUT2D eigenvalue weighted by atomic mass is 16.5. The summed E-state index contributed by atoms with van der Waals surface area (Å²) in [6, 6.07) is 6.88. The van der Waals surface area contributed by atoms with E-state index in [4.69, 9.17) is 9.47 Å². The van der Waals surface area contributed by atoms with Gasteiger partial charge < -0.3 is 14.5 Å². The summed E-state index contributed by atoms with van der Waals surface area (Å²) in [5.74, 6) is 0.104. The van der Waals surface area contributed by atoms with Crippen LogP contribution in [0.2, 0.25) is 0 Å². The normalized spacial score (nSPS) is 10.4. The number of hydrogen-bond donors (Lipinski definition) is 1. The van der Waals surface area contributed by atoms with Crippen LogP contribution in [0.25, 0.3) is 0 Å². The van der Waals surface area contributed by atoms with Crippen molar-refractivity contribution in [2.75, 3.05) is 13.7 Å². The van der Waals surface area contributed by atoms with Crippen molar-refractivity contribution in [3.05, 3.63) is 52.3 Å². The first-order valence-electron chi connectivity index (χ1n) is 7.04. The molecule has 0 aliphatic heterocycles. The van der Waals surface area contributed by atoms with Crippen LogP contribution in [0, 0.1) is 13.8 Å². The van der Waals surface area contributed by atoms with E-state index in [1.54, 1.807) is 52.1 Å². The number of aryl methyl sites for hydroxylation is 1. The number of aromatic nitrogens is 1. The van der Waals surface area contributed by atoms with Crippen molar-refractivity contribution in [1.82, 2.24) is 4.98 Å². The molecule has 5 nitrogen and oxygen atoms in total. The minimum absolute atomic E-state index is 0.135. The van der Waals surface area contributed by atoms with Gasteiger partial charge in [0.05, 0.1) is 13.7 Å². The number of rotatable bonds is 5. The molecule has 1 heterocycles. The van der Waals surface area contributed by atoms with Gasteiger partial charge in [-0.15, -0.1) is 0 Å². The average molecular weight is 301 g/mol. The minimum Gasteiger partial charge on any atom is -0.497 e. The van der Waals surface area contributed by atoms with Crippen LogP contribution >= 0.6 is 0 Å². The number of benzene rings is 1. The van der Waals surface area contributed by atoms with Crippen LogP contribution in [-0.4, -0.2) is 30.5 Å². The third-order valence-corrected chi connectivity index (χ3v) is 3.50. The van der Waals surface area contributed by atoms with Gasteiger partial charge in [0.2, 0.25) is 0 Å². The maximum Gasteiger partial charge on any atom is 0.355 e. The Morgan fingerprint density at radius 3 is 2.32 bits per heavy atom. The zero-order chi connectivity index (χ0) is 16.3. The van der Waals surface area contributed by atoms with Crippen molar-refractivity contribution in [3.63, 3.8) is 0 Å². The van der Waals surface area contributed by atoms with Crippen LogP contribution < -0.4 is 4.74 Å². The molecule has 2 aromatic rings. The fraction of sp³-hybridized carbons (Fsp3) is 0.294. The molecule has 1 N–H and O–H groups in total. The first-order valence-corrected chi connectivity index (χ1v) is 7.04. The molecule has 0 amide bonds. The van der Waals surface area contributed by atoms with Crippen molar-refractivity contribution < 1.29 is 19.1 Å². The van der Waals surface area contributed by atoms with Crippen LogP contribution in [-0.2, 0) is 4.74 Å². The Bertz CT molecular complexity index is 698. The summed E-state index contributed by atoms with van der Waals surface area (Å²) in [4.78, 5) is 27.5. The minimum atomic E-state index is -0.447. The fourth-order valence-corrected chi connectivity index (χ4v) is 2.38. The largest absolute Gasteiger partial charge is 0.497 e. The molecule has 0 saturated carbocycles. The number of carbonyl (C=O) groups excluding carboxylic acids is 2. The summed E-state index contributed by atoms with van der Waals surface area (Å²) in [6.07, 6.45) is 0. The molecule has 0 atom stereocenters. The van der Waals surface area contributed by atoms with Gasteiger partial charge in [-0.05, 0) is 50.6 Å². The van der Waals surface area contributed by atoms with Gasteiger partial charge in [-0.1, -0.05) is 0 Å². The van der Waals surface area contributed by atoms with Crippen LogP contribution in [0.15, 0.2) is 24.3 Å². The maximum absolute atomic E-state index is 12.7. The molecule has 0 aliphatic carbocycles. The Labute approximate surface area is 129 Å². The molecule has 5 heteroatoms. The molecule has 0 unspecified atom stereocenters. The molecule has 116 valence electrons. The Kier molecular flexibility index (Phi) is 4.65. The van der Waals surface area contributed by atoms with Crippen molar-refractivity contribution in [2.24, 2.45) is 0 Å². The SMILES string of the molecule is CCOC(=O)c1[nH]c(C)c(C(=O)c2ccc(OC)cc2)c1C. The Morgan fingerprint density at radius 2 is 1.77 bits per heavy atom. The molecular weight excluding hydrogens is 282 g/mol. The van der Waals surface area contributed by atoms with E-state index in [2.05, 4.69) is 4.98 Å². The molecule has 1 aromatic heterocycles. The summed E-state index contributed by atoms with van der Waals surface area (Å²) in [5.41, 5.74) is 2.64. The Balaban J connectivity index is 2.39. The van der Waals surface area contributed by atoms with E-state index < -0.39 is 5.97 Å². The fourth-order valence-electron chi connectivity index (χ4n) is 2.38. The predicted molar refractivity (Wildman–Crippen MR) is 82.6 cm³/mol. The number of ketones is 1. The number of hydrogen-bond acceptors (Lipinski definition) is 4. The van der Waals surface area contributed by atoms with Crippen LogP contribution in [0.3, 0.4) is 0 Å². The number of esters is 1. The van der Waals surface area contributed by atoms with Crippen LogP contribution in [0.1, 0.15) is 44.6 Å². The molecule has 22 heavy (non-hydrogen) atoms. The highest BCUT2D eigenvalue weighted by Crippen LogP contribution is 2.23. The molecule has 2 rings (SSSR count). The van der Waals surface area contributed by atoms with Crippen molar-refractivity contribution in [3.8, 4) is 5.75 Å². The molecule has 0 radical (unpaired) electrons. The van der Waals surface area contributed by atoms with E-state index in [0.29, 0.717) is 33.8 Å². The van der Waals surface area contributed by atoms with Gasteiger partial charge in [0.25, 0.3) is 0 Å². The molecule has 0 bridgehead atoms. The van der Waals surface area contributed by atoms with E-state index in [0.717, 1.165) is 0 Å². The van der Waals surface area contributed by atoms with E-state index >= 15 is 0 Å². The second-order valence-electron chi connectivity index (χ2n) is 4.90. The Hall–Kier alpha value is -2.56. The summed E-state index contributed by atoms with van der Waals surface area (Å²) >= 11 is 0. The highest BCUT2D eigenvalue weighted by molar-refractivity contribution is 6.12. The van der Waals surface area contributed by atoms with Gasteiger partial charge in [-0.3, -0.25) is 4.79 Å². The summed E-state index contributed by atoms with van der Waals surface area (Å²) < 4.78 is 10.1. The molecular formula is C17H19NO4. The second kappa shape index (κ2) is 6.47. The molecule has 0 spiro atoms. The van der Waals surface area contributed by atoms with Crippen molar-refractivity contribution in [2.45, 2.75) is 20.8 Å². The number of carbonyl (C=O) groups is 2. The van der Waals surface area contributed by atoms with Crippen molar-refractivity contribution in [1.29, 1.82) is 0 Å². The first kappa shape index (κ1) is 15.8. The van der Waals surface area contributed by atoms with Gasteiger partial charge in [-0.2, -0.15) is 0 Å². The number of H-pyrrole nitrogens is 1. The van der Waals surface area contributed by atoms with Gasteiger partial charge in [0.1, 0.15) is 11.4 Å². The lowest BCUT2D eigenvalue weighted by atomic mass is 9.99.